The first kappa shape index (κ1) is 21.1. The van der Waals surface area contributed by atoms with Gasteiger partial charge in [0.2, 0.25) is 5.91 Å². The molecule has 0 radical (unpaired) electrons. The standard InChI is InChI=1S/C17H20F3N3O3S/c1-3-23-7-6-21-16(23)27-11-15(24)22-13-10-12(17(18,19)20)4-5-14(13)26-9-8-25-2/h4-7,10H,3,8-9,11H2,1-2H3,(H,22,24). The number of imidazole rings is 1. The summed E-state index contributed by atoms with van der Waals surface area (Å²) >= 11 is 1.20. The minimum absolute atomic E-state index is 0.00473. The van der Waals surface area contributed by atoms with Gasteiger partial charge in [0.1, 0.15) is 12.4 Å². The molecule has 1 aromatic heterocycles. The molecule has 10 heteroatoms. The number of rotatable bonds is 9. The van der Waals surface area contributed by atoms with E-state index in [9.17, 15) is 18.0 Å². The average molecular weight is 403 g/mol. The van der Waals surface area contributed by atoms with Gasteiger partial charge in [0, 0.05) is 26.0 Å². The second kappa shape index (κ2) is 9.65. The van der Waals surface area contributed by atoms with Crippen molar-refractivity contribution >= 4 is 23.4 Å². The van der Waals surface area contributed by atoms with Gasteiger partial charge < -0.3 is 19.4 Å². The van der Waals surface area contributed by atoms with Gasteiger partial charge >= 0.3 is 6.18 Å². The number of thioether (sulfide) groups is 1. The summed E-state index contributed by atoms with van der Waals surface area (Å²) in [7, 11) is 1.48. The summed E-state index contributed by atoms with van der Waals surface area (Å²) in [6.07, 6.45) is -1.11. The highest BCUT2D eigenvalue weighted by molar-refractivity contribution is 7.99. The number of carbonyl (C=O) groups excluding carboxylic acids is 1. The van der Waals surface area contributed by atoms with E-state index < -0.39 is 17.6 Å². The molecule has 0 atom stereocenters. The maximum absolute atomic E-state index is 13.0. The highest BCUT2D eigenvalue weighted by atomic mass is 32.2. The molecule has 6 nitrogen and oxygen atoms in total. The van der Waals surface area contributed by atoms with Crippen LogP contribution in [0.15, 0.2) is 35.7 Å². The predicted molar refractivity (Wildman–Crippen MR) is 96.1 cm³/mol. The van der Waals surface area contributed by atoms with Gasteiger partial charge in [-0.15, -0.1) is 0 Å². The quantitative estimate of drug-likeness (QED) is 0.511. The van der Waals surface area contributed by atoms with Crippen LogP contribution in [0.5, 0.6) is 5.75 Å². The van der Waals surface area contributed by atoms with E-state index in [1.165, 1.54) is 24.9 Å². The molecule has 0 saturated heterocycles. The topological polar surface area (TPSA) is 65.4 Å². The Hall–Kier alpha value is -2.20. The Morgan fingerprint density at radius 3 is 2.78 bits per heavy atom. The molecule has 1 heterocycles. The molecule has 1 N–H and O–H groups in total. The van der Waals surface area contributed by atoms with Crippen LogP contribution >= 0.6 is 11.8 Å². The van der Waals surface area contributed by atoms with Gasteiger partial charge in [-0.3, -0.25) is 4.79 Å². The molecule has 2 aromatic rings. The average Bonchev–Trinajstić information content (AvgIpc) is 3.08. The first-order valence-electron chi connectivity index (χ1n) is 8.12. The van der Waals surface area contributed by atoms with Gasteiger partial charge in [-0.05, 0) is 25.1 Å². The molecule has 27 heavy (non-hydrogen) atoms. The fourth-order valence-corrected chi connectivity index (χ4v) is 2.98. The number of anilines is 1. The van der Waals surface area contributed by atoms with Crippen molar-refractivity contribution in [1.82, 2.24) is 9.55 Å². The monoisotopic (exact) mass is 403 g/mol. The number of benzene rings is 1. The van der Waals surface area contributed by atoms with E-state index >= 15 is 0 Å². The third-order valence-electron chi connectivity index (χ3n) is 3.48. The molecule has 0 fully saturated rings. The van der Waals surface area contributed by atoms with Gasteiger partial charge in [0.05, 0.1) is 23.6 Å². The number of ether oxygens (including phenoxy) is 2. The molecule has 0 aliphatic rings. The van der Waals surface area contributed by atoms with Gasteiger partial charge in [0.15, 0.2) is 5.16 Å². The number of hydrogen-bond acceptors (Lipinski definition) is 5. The number of aromatic nitrogens is 2. The fourth-order valence-electron chi connectivity index (χ4n) is 2.16. The first-order chi connectivity index (χ1) is 12.8. The highest BCUT2D eigenvalue weighted by Crippen LogP contribution is 2.35. The van der Waals surface area contributed by atoms with Crippen molar-refractivity contribution in [2.24, 2.45) is 0 Å². The molecule has 0 spiro atoms. The van der Waals surface area contributed by atoms with Crippen molar-refractivity contribution in [3.8, 4) is 5.75 Å². The van der Waals surface area contributed by atoms with Crippen LogP contribution in [0.4, 0.5) is 18.9 Å². The molecule has 148 valence electrons. The van der Waals surface area contributed by atoms with Gasteiger partial charge in [0.25, 0.3) is 0 Å². The fraction of sp³-hybridized carbons (Fsp3) is 0.412. The summed E-state index contributed by atoms with van der Waals surface area (Å²) in [5.41, 5.74) is -0.906. The molecule has 0 aliphatic heterocycles. The largest absolute Gasteiger partial charge is 0.489 e. The van der Waals surface area contributed by atoms with Crippen molar-refractivity contribution in [2.75, 3.05) is 31.4 Å². The Morgan fingerprint density at radius 1 is 1.33 bits per heavy atom. The van der Waals surface area contributed by atoms with E-state index in [2.05, 4.69) is 10.3 Å². The van der Waals surface area contributed by atoms with Crippen LogP contribution in [0.2, 0.25) is 0 Å². The maximum Gasteiger partial charge on any atom is 0.416 e. The van der Waals surface area contributed by atoms with Crippen molar-refractivity contribution in [3.63, 3.8) is 0 Å². The number of alkyl halides is 3. The van der Waals surface area contributed by atoms with Crippen LogP contribution in [-0.2, 0) is 22.3 Å². The molecule has 0 saturated carbocycles. The lowest BCUT2D eigenvalue weighted by molar-refractivity contribution is -0.137. The minimum Gasteiger partial charge on any atom is -0.489 e. The second-order valence-electron chi connectivity index (χ2n) is 5.38. The smallest absolute Gasteiger partial charge is 0.416 e. The van der Waals surface area contributed by atoms with Crippen molar-refractivity contribution < 1.29 is 27.4 Å². The minimum atomic E-state index is -4.52. The number of methoxy groups -OCH3 is 1. The first-order valence-corrected chi connectivity index (χ1v) is 9.10. The Labute approximate surface area is 159 Å². The zero-order chi connectivity index (χ0) is 19.9. The molecule has 0 bridgehead atoms. The molecule has 2 rings (SSSR count). The molecule has 0 unspecified atom stereocenters. The lowest BCUT2D eigenvalue weighted by Crippen LogP contribution is -2.17. The Morgan fingerprint density at radius 2 is 2.11 bits per heavy atom. The van der Waals surface area contributed by atoms with Crippen LogP contribution in [0.1, 0.15) is 12.5 Å². The van der Waals surface area contributed by atoms with E-state index in [-0.39, 0.29) is 30.4 Å². The summed E-state index contributed by atoms with van der Waals surface area (Å²) < 4.78 is 51.0. The maximum atomic E-state index is 13.0. The number of hydrogen-bond donors (Lipinski definition) is 1. The van der Waals surface area contributed by atoms with Crippen LogP contribution in [0, 0.1) is 0 Å². The summed E-state index contributed by atoms with van der Waals surface area (Å²) in [6.45, 7) is 3.06. The van der Waals surface area contributed by atoms with Gasteiger partial charge in [-0.25, -0.2) is 4.98 Å². The van der Waals surface area contributed by atoms with Crippen LogP contribution < -0.4 is 10.1 Å². The third-order valence-corrected chi connectivity index (χ3v) is 4.48. The highest BCUT2D eigenvalue weighted by Gasteiger charge is 2.31. The number of aryl methyl sites for hydroxylation is 1. The number of nitrogens with zero attached hydrogens (tertiary/aromatic N) is 2. The summed E-state index contributed by atoms with van der Waals surface area (Å²) in [5, 5.41) is 3.15. The number of halogens is 3. The Balaban J connectivity index is 2.09. The summed E-state index contributed by atoms with van der Waals surface area (Å²) in [5.74, 6) is -0.305. The molecular weight excluding hydrogens is 383 g/mol. The van der Waals surface area contributed by atoms with Gasteiger partial charge in [-0.1, -0.05) is 11.8 Å². The number of carbonyl (C=O) groups is 1. The van der Waals surface area contributed by atoms with E-state index in [1.807, 2.05) is 11.5 Å². The van der Waals surface area contributed by atoms with Crippen LogP contribution in [0.3, 0.4) is 0 Å². The second-order valence-corrected chi connectivity index (χ2v) is 6.33. The number of amides is 1. The Bertz CT molecular complexity index is 765. The molecule has 1 amide bonds. The van der Waals surface area contributed by atoms with E-state index in [4.69, 9.17) is 9.47 Å². The van der Waals surface area contributed by atoms with Crippen molar-refractivity contribution in [1.29, 1.82) is 0 Å². The third kappa shape index (κ3) is 6.17. The lowest BCUT2D eigenvalue weighted by atomic mass is 10.1. The SMILES string of the molecule is CCn1ccnc1SCC(=O)Nc1cc(C(F)(F)F)ccc1OCCOC. The summed E-state index contributed by atoms with van der Waals surface area (Å²) in [4.78, 5) is 16.4. The lowest BCUT2D eigenvalue weighted by Gasteiger charge is -2.15. The van der Waals surface area contributed by atoms with Crippen LogP contribution in [-0.4, -0.2) is 41.5 Å². The van der Waals surface area contributed by atoms with Crippen molar-refractivity contribution in [3.05, 3.63) is 36.2 Å². The molecule has 0 aliphatic carbocycles. The van der Waals surface area contributed by atoms with Crippen molar-refractivity contribution in [2.45, 2.75) is 24.8 Å². The van der Waals surface area contributed by atoms with Crippen LogP contribution in [0.25, 0.3) is 0 Å². The normalized spacial score (nSPS) is 11.4. The predicted octanol–water partition coefficient (Wildman–Crippen LogP) is 3.68. The van der Waals surface area contributed by atoms with E-state index in [0.29, 0.717) is 11.7 Å². The Kier molecular flexibility index (Phi) is 7.55. The van der Waals surface area contributed by atoms with E-state index in [1.54, 1.807) is 12.4 Å². The zero-order valence-corrected chi connectivity index (χ0v) is 15.7. The number of nitrogens with one attached hydrogen (secondary N) is 1. The summed E-state index contributed by atoms with van der Waals surface area (Å²) in [6, 6.07) is 2.95. The molecule has 1 aromatic carbocycles. The zero-order valence-electron chi connectivity index (χ0n) is 14.9. The van der Waals surface area contributed by atoms with E-state index in [0.717, 1.165) is 12.1 Å². The molecular formula is C17H20F3N3O3S. The van der Waals surface area contributed by atoms with Gasteiger partial charge in [-0.2, -0.15) is 13.2 Å².